The van der Waals surface area contributed by atoms with Gasteiger partial charge in [-0.15, -0.1) is 0 Å². The summed E-state index contributed by atoms with van der Waals surface area (Å²) < 4.78 is 7.55. The van der Waals surface area contributed by atoms with Crippen molar-refractivity contribution in [2.45, 2.75) is 32.9 Å². The SMILES string of the molecule is CCCCNc1nc(N)nc2cn(Cc3ccc(Oc4ccc(CO)cc4)nc3)nc12. The minimum atomic E-state index is 0.00410. The normalized spacial score (nSPS) is 11.0. The van der Waals surface area contributed by atoms with Gasteiger partial charge >= 0.3 is 0 Å². The fourth-order valence-electron chi connectivity index (χ4n) is 3.10. The van der Waals surface area contributed by atoms with Crippen LogP contribution < -0.4 is 15.8 Å². The number of aliphatic hydroxyl groups excluding tert-OH is 1. The van der Waals surface area contributed by atoms with Gasteiger partial charge in [-0.25, -0.2) is 9.97 Å². The molecule has 0 radical (unpaired) electrons. The molecule has 9 nitrogen and oxygen atoms in total. The van der Waals surface area contributed by atoms with Crippen molar-refractivity contribution in [2.75, 3.05) is 17.6 Å². The predicted molar refractivity (Wildman–Crippen MR) is 119 cm³/mol. The standard InChI is InChI=1S/C22H25N7O2/c1-2-3-10-24-21-20-18(26-22(23)27-21)13-29(28-20)12-16-6-9-19(25-11-16)31-17-7-4-15(14-30)5-8-17/h4-9,11,13,30H,2-3,10,12,14H2,1H3,(H3,23,24,26,27). The average molecular weight is 419 g/mol. The van der Waals surface area contributed by atoms with Gasteiger partial charge < -0.3 is 20.9 Å². The highest BCUT2D eigenvalue weighted by atomic mass is 16.5. The third kappa shape index (κ3) is 5.07. The Morgan fingerprint density at radius 1 is 1.10 bits per heavy atom. The van der Waals surface area contributed by atoms with Gasteiger partial charge in [-0.05, 0) is 29.7 Å². The van der Waals surface area contributed by atoms with Crippen LogP contribution in [0.25, 0.3) is 11.0 Å². The van der Waals surface area contributed by atoms with Crippen molar-refractivity contribution in [1.29, 1.82) is 0 Å². The Balaban J connectivity index is 1.46. The zero-order valence-electron chi connectivity index (χ0n) is 17.3. The van der Waals surface area contributed by atoms with E-state index in [1.54, 1.807) is 23.0 Å². The monoisotopic (exact) mass is 419 g/mol. The van der Waals surface area contributed by atoms with Crippen molar-refractivity contribution in [3.63, 3.8) is 0 Å². The van der Waals surface area contributed by atoms with Crippen LogP contribution in [0, 0.1) is 0 Å². The third-order valence-corrected chi connectivity index (χ3v) is 4.72. The van der Waals surface area contributed by atoms with E-state index < -0.39 is 0 Å². The van der Waals surface area contributed by atoms with Gasteiger partial charge in [-0.3, -0.25) is 4.68 Å². The van der Waals surface area contributed by atoms with Crippen LogP contribution in [0.5, 0.6) is 11.6 Å². The first-order valence-electron chi connectivity index (χ1n) is 10.2. The van der Waals surface area contributed by atoms with Crippen molar-refractivity contribution in [2.24, 2.45) is 0 Å². The maximum Gasteiger partial charge on any atom is 0.222 e. The lowest BCUT2D eigenvalue weighted by molar-refractivity contribution is 0.281. The molecule has 3 heterocycles. The van der Waals surface area contributed by atoms with E-state index in [4.69, 9.17) is 15.6 Å². The summed E-state index contributed by atoms with van der Waals surface area (Å²) in [6.45, 7) is 3.48. The number of aromatic nitrogens is 5. The predicted octanol–water partition coefficient (Wildman–Crippen LogP) is 3.35. The van der Waals surface area contributed by atoms with E-state index in [2.05, 4.69) is 32.3 Å². The van der Waals surface area contributed by atoms with E-state index >= 15 is 0 Å². The van der Waals surface area contributed by atoms with Gasteiger partial charge in [0, 0.05) is 18.8 Å². The van der Waals surface area contributed by atoms with Crippen LogP contribution in [-0.4, -0.2) is 36.4 Å². The summed E-state index contributed by atoms with van der Waals surface area (Å²) >= 11 is 0. The Hall–Kier alpha value is -3.72. The average Bonchev–Trinajstić information content (AvgIpc) is 3.18. The van der Waals surface area contributed by atoms with Crippen LogP contribution in [0.2, 0.25) is 0 Å². The molecule has 0 saturated carbocycles. The van der Waals surface area contributed by atoms with Crippen LogP contribution in [-0.2, 0) is 13.2 Å². The number of ether oxygens (including phenoxy) is 1. The molecule has 1 aromatic carbocycles. The lowest BCUT2D eigenvalue weighted by Gasteiger charge is -2.07. The molecule has 4 N–H and O–H groups in total. The van der Waals surface area contributed by atoms with Crippen molar-refractivity contribution >= 4 is 22.8 Å². The molecule has 9 heteroatoms. The summed E-state index contributed by atoms with van der Waals surface area (Å²) in [5, 5.41) is 17.0. The molecular formula is C22H25N7O2. The van der Waals surface area contributed by atoms with E-state index in [9.17, 15) is 0 Å². The number of anilines is 2. The number of nitrogen functional groups attached to an aromatic ring is 1. The summed E-state index contributed by atoms with van der Waals surface area (Å²) in [5.74, 6) is 2.03. The summed E-state index contributed by atoms with van der Waals surface area (Å²) in [4.78, 5) is 13.0. The molecule has 31 heavy (non-hydrogen) atoms. The summed E-state index contributed by atoms with van der Waals surface area (Å²) in [6.07, 6.45) is 5.74. The molecule has 0 aliphatic carbocycles. The largest absolute Gasteiger partial charge is 0.439 e. The number of nitrogens with two attached hydrogens (primary N) is 1. The van der Waals surface area contributed by atoms with Crippen molar-refractivity contribution in [3.8, 4) is 11.6 Å². The quantitative estimate of drug-likeness (QED) is 0.353. The Morgan fingerprint density at radius 2 is 1.90 bits per heavy atom. The molecule has 0 fully saturated rings. The van der Waals surface area contributed by atoms with Crippen LogP contribution in [0.1, 0.15) is 30.9 Å². The molecule has 0 saturated heterocycles. The second-order valence-corrected chi connectivity index (χ2v) is 7.18. The Morgan fingerprint density at radius 3 is 2.61 bits per heavy atom. The first-order valence-corrected chi connectivity index (χ1v) is 10.2. The van der Waals surface area contributed by atoms with E-state index in [0.717, 1.165) is 30.5 Å². The van der Waals surface area contributed by atoms with Crippen LogP contribution in [0.4, 0.5) is 11.8 Å². The van der Waals surface area contributed by atoms with Gasteiger partial charge in [0.1, 0.15) is 11.3 Å². The molecule has 0 unspecified atom stereocenters. The number of benzene rings is 1. The number of nitrogens with zero attached hydrogens (tertiary/aromatic N) is 5. The molecule has 0 bridgehead atoms. The number of rotatable bonds is 9. The highest BCUT2D eigenvalue weighted by Gasteiger charge is 2.11. The Kier molecular flexibility index (Phi) is 6.23. The number of unbranched alkanes of at least 4 members (excludes halogenated alkanes) is 1. The number of pyridine rings is 1. The lowest BCUT2D eigenvalue weighted by atomic mass is 10.2. The van der Waals surface area contributed by atoms with Gasteiger partial charge in [0.05, 0.1) is 19.3 Å². The summed E-state index contributed by atoms with van der Waals surface area (Å²) in [6, 6.07) is 11.0. The molecule has 0 amide bonds. The van der Waals surface area contributed by atoms with Crippen LogP contribution in [0.15, 0.2) is 48.8 Å². The maximum atomic E-state index is 9.12. The molecule has 160 valence electrons. The maximum absolute atomic E-state index is 9.12. The van der Waals surface area contributed by atoms with Gasteiger partial charge in [0.25, 0.3) is 0 Å². The molecule has 0 aliphatic heterocycles. The Labute approximate surface area is 179 Å². The van der Waals surface area contributed by atoms with E-state index in [1.165, 1.54) is 0 Å². The van der Waals surface area contributed by atoms with E-state index in [0.29, 0.717) is 35.0 Å². The minimum absolute atomic E-state index is 0.00410. The smallest absolute Gasteiger partial charge is 0.222 e. The first kappa shape index (κ1) is 20.5. The topological polar surface area (TPSA) is 124 Å². The summed E-state index contributed by atoms with van der Waals surface area (Å²) in [7, 11) is 0. The van der Waals surface area contributed by atoms with Gasteiger partial charge in [0.2, 0.25) is 11.8 Å². The molecule has 0 aliphatic rings. The highest BCUT2D eigenvalue weighted by molar-refractivity contribution is 5.85. The number of nitrogens with one attached hydrogen (secondary N) is 1. The molecular weight excluding hydrogens is 394 g/mol. The van der Waals surface area contributed by atoms with Crippen molar-refractivity contribution in [3.05, 3.63) is 59.9 Å². The van der Waals surface area contributed by atoms with Crippen LogP contribution in [0.3, 0.4) is 0 Å². The number of fused-ring (bicyclic) bond motifs is 1. The van der Waals surface area contributed by atoms with Crippen LogP contribution >= 0.6 is 0 Å². The first-order chi connectivity index (χ1) is 15.1. The second-order valence-electron chi connectivity index (χ2n) is 7.18. The molecule has 4 aromatic rings. The van der Waals surface area contributed by atoms with E-state index in [1.807, 2.05) is 30.5 Å². The van der Waals surface area contributed by atoms with Gasteiger partial charge in [-0.2, -0.15) is 10.1 Å². The van der Waals surface area contributed by atoms with Crippen molar-refractivity contribution < 1.29 is 9.84 Å². The molecule has 4 rings (SSSR count). The number of aliphatic hydroxyl groups is 1. The third-order valence-electron chi connectivity index (χ3n) is 4.72. The number of hydrogen-bond acceptors (Lipinski definition) is 8. The Bertz CT molecular complexity index is 1140. The van der Waals surface area contributed by atoms with Gasteiger partial charge in [-0.1, -0.05) is 31.5 Å². The summed E-state index contributed by atoms with van der Waals surface area (Å²) in [5.41, 5.74) is 9.05. The second kappa shape index (κ2) is 9.40. The molecule has 3 aromatic heterocycles. The van der Waals surface area contributed by atoms with Crippen molar-refractivity contribution in [1.82, 2.24) is 24.7 Å². The fraction of sp³-hybridized carbons (Fsp3) is 0.273. The fourth-order valence-corrected chi connectivity index (χ4v) is 3.10. The number of hydrogen-bond donors (Lipinski definition) is 3. The molecule has 0 spiro atoms. The minimum Gasteiger partial charge on any atom is -0.439 e. The van der Waals surface area contributed by atoms with Gasteiger partial charge in [0.15, 0.2) is 11.3 Å². The van der Waals surface area contributed by atoms with E-state index in [-0.39, 0.29) is 12.6 Å². The zero-order valence-corrected chi connectivity index (χ0v) is 17.3. The molecule has 0 atom stereocenters. The highest BCUT2D eigenvalue weighted by Crippen LogP contribution is 2.22. The lowest BCUT2D eigenvalue weighted by Crippen LogP contribution is -2.06. The zero-order chi connectivity index (χ0) is 21.6.